The summed E-state index contributed by atoms with van der Waals surface area (Å²) >= 11 is 0. The van der Waals surface area contributed by atoms with Gasteiger partial charge in [0.05, 0.1) is 36.5 Å². The van der Waals surface area contributed by atoms with Crippen molar-refractivity contribution in [1.82, 2.24) is 9.88 Å². The molecule has 1 amide bonds. The van der Waals surface area contributed by atoms with E-state index >= 15 is 0 Å². The molecule has 0 saturated carbocycles. The first-order chi connectivity index (χ1) is 14.6. The molecule has 1 atom stereocenters. The lowest BCUT2D eigenvalue weighted by molar-refractivity contribution is -0.140. The fraction of sp³-hybridized carbons (Fsp3) is 0.125. The number of hydrogen-bond donors (Lipinski definition) is 1. The minimum Gasteiger partial charge on any atom is -0.507 e. The average Bonchev–Trinajstić information content (AvgIpc) is 3.04. The van der Waals surface area contributed by atoms with Gasteiger partial charge in [-0.3, -0.25) is 14.6 Å². The number of Topliss-reactive ketones (excluding diaryl/α,β-unsaturated/α-hetero) is 1. The minimum absolute atomic E-state index is 0.0339. The van der Waals surface area contributed by atoms with Gasteiger partial charge < -0.3 is 14.7 Å². The molecule has 1 unspecified atom stereocenters. The molecule has 1 aromatic heterocycles. The van der Waals surface area contributed by atoms with Gasteiger partial charge in [0.25, 0.3) is 11.7 Å². The Hall–Kier alpha value is -3.93. The van der Waals surface area contributed by atoms with Crippen LogP contribution < -0.4 is 4.74 Å². The first kappa shape index (κ1) is 19.4. The summed E-state index contributed by atoms with van der Waals surface area (Å²) in [6.07, 6.45) is 1.64. The van der Waals surface area contributed by atoms with E-state index in [4.69, 9.17) is 4.74 Å². The first-order valence-corrected chi connectivity index (χ1v) is 9.48. The van der Waals surface area contributed by atoms with Crippen molar-refractivity contribution in [3.63, 3.8) is 0 Å². The number of pyridine rings is 1. The fourth-order valence-corrected chi connectivity index (χ4v) is 3.68. The van der Waals surface area contributed by atoms with Crippen LogP contribution in [-0.4, -0.2) is 33.8 Å². The third-order valence-electron chi connectivity index (χ3n) is 5.08. The second-order valence-corrected chi connectivity index (χ2v) is 6.86. The van der Waals surface area contributed by atoms with E-state index in [0.717, 1.165) is 5.56 Å². The van der Waals surface area contributed by atoms with Crippen LogP contribution in [0.25, 0.3) is 5.76 Å². The number of ether oxygens (including phenoxy) is 1. The number of rotatable bonds is 5. The van der Waals surface area contributed by atoms with E-state index in [1.165, 1.54) is 12.0 Å². The van der Waals surface area contributed by atoms with Crippen molar-refractivity contribution in [2.45, 2.75) is 12.6 Å². The Morgan fingerprint density at radius 1 is 1.00 bits per heavy atom. The van der Waals surface area contributed by atoms with Gasteiger partial charge in [-0.2, -0.15) is 0 Å². The molecule has 30 heavy (non-hydrogen) atoms. The molecule has 6 nitrogen and oxygen atoms in total. The predicted molar refractivity (Wildman–Crippen MR) is 112 cm³/mol. The number of aliphatic hydroxyl groups excluding tert-OH is 1. The van der Waals surface area contributed by atoms with Crippen molar-refractivity contribution in [2.75, 3.05) is 7.11 Å². The summed E-state index contributed by atoms with van der Waals surface area (Å²) in [5.41, 5.74) is 1.77. The van der Waals surface area contributed by atoms with Gasteiger partial charge in [0.2, 0.25) is 0 Å². The van der Waals surface area contributed by atoms with Crippen LogP contribution in [0.4, 0.5) is 0 Å². The van der Waals surface area contributed by atoms with Gasteiger partial charge in [0.15, 0.2) is 0 Å². The second kappa shape index (κ2) is 8.21. The highest BCUT2D eigenvalue weighted by molar-refractivity contribution is 6.46. The van der Waals surface area contributed by atoms with E-state index < -0.39 is 17.7 Å². The maximum absolute atomic E-state index is 13.0. The second-order valence-electron chi connectivity index (χ2n) is 6.86. The molecule has 3 aromatic rings. The molecule has 2 heterocycles. The predicted octanol–water partition coefficient (Wildman–Crippen LogP) is 3.71. The number of amides is 1. The van der Waals surface area contributed by atoms with E-state index in [1.807, 2.05) is 36.4 Å². The van der Waals surface area contributed by atoms with Gasteiger partial charge >= 0.3 is 0 Å². The van der Waals surface area contributed by atoms with Gasteiger partial charge in [-0.1, -0.05) is 48.5 Å². The third-order valence-corrected chi connectivity index (χ3v) is 5.08. The lowest BCUT2D eigenvalue weighted by Gasteiger charge is -2.25. The van der Waals surface area contributed by atoms with Crippen molar-refractivity contribution >= 4 is 17.4 Å². The minimum atomic E-state index is -0.738. The largest absolute Gasteiger partial charge is 0.507 e. The summed E-state index contributed by atoms with van der Waals surface area (Å²) in [6.45, 7) is 0.147. The Bertz CT molecular complexity index is 1110. The SMILES string of the molecule is COc1ccccc1/C(O)=C1/C(=O)C(=O)N(Cc2ccccn2)C1c1ccccc1. The molecule has 1 N–H and O–H groups in total. The van der Waals surface area contributed by atoms with Crippen LogP contribution in [0.1, 0.15) is 22.9 Å². The number of para-hydroxylation sites is 1. The summed E-state index contributed by atoms with van der Waals surface area (Å²) in [7, 11) is 1.49. The van der Waals surface area contributed by atoms with E-state index in [0.29, 0.717) is 17.0 Å². The lowest BCUT2D eigenvalue weighted by Crippen LogP contribution is -2.29. The number of methoxy groups -OCH3 is 1. The normalized spacial score (nSPS) is 17.9. The Kier molecular flexibility index (Phi) is 5.30. The van der Waals surface area contributed by atoms with Crippen LogP contribution in [0.3, 0.4) is 0 Å². The summed E-state index contributed by atoms with van der Waals surface area (Å²) in [5.74, 6) is -1.25. The maximum atomic E-state index is 13.0. The molecule has 2 aromatic carbocycles. The van der Waals surface area contributed by atoms with Crippen LogP contribution in [0.15, 0.2) is 84.6 Å². The number of benzene rings is 2. The summed E-state index contributed by atoms with van der Waals surface area (Å²) in [4.78, 5) is 31.7. The topological polar surface area (TPSA) is 79.7 Å². The van der Waals surface area contributed by atoms with E-state index in [-0.39, 0.29) is 17.9 Å². The molecule has 0 aliphatic carbocycles. The molecule has 0 radical (unpaired) electrons. The number of nitrogens with zero attached hydrogens (tertiary/aromatic N) is 2. The highest BCUT2D eigenvalue weighted by Crippen LogP contribution is 2.41. The zero-order chi connectivity index (χ0) is 21.1. The van der Waals surface area contributed by atoms with Crippen molar-refractivity contribution in [2.24, 2.45) is 0 Å². The number of aliphatic hydroxyl groups is 1. The van der Waals surface area contributed by atoms with Gasteiger partial charge in [-0.05, 0) is 29.8 Å². The molecule has 1 aliphatic heterocycles. The molecule has 6 heteroatoms. The van der Waals surface area contributed by atoms with Crippen LogP contribution in [0, 0.1) is 0 Å². The van der Waals surface area contributed by atoms with Gasteiger partial charge in [-0.25, -0.2) is 0 Å². The lowest BCUT2D eigenvalue weighted by atomic mass is 9.95. The van der Waals surface area contributed by atoms with Crippen LogP contribution in [0.2, 0.25) is 0 Å². The van der Waals surface area contributed by atoms with Crippen molar-refractivity contribution in [3.05, 3.63) is 101 Å². The third kappa shape index (κ3) is 3.43. The van der Waals surface area contributed by atoms with Gasteiger partial charge in [0.1, 0.15) is 11.5 Å². The molecule has 1 saturated heterocycles. The number of carbonyl (C=O) groups is 2. The number of hydrogen-bond acceptors (Lipinski definition) is 5. The zero-order valence-electron chi connectivity index (χ0n) is 16.4. The fourth-order valence-electron chi connectivity index (χ4n) is 3.68. The number of ketones is 1. The van der Waals surface area contributed by atoms with Crippen molar-refractivity contribution in [1.29, 1.82) is 0 Å². The van der Waals surface area contributed by atoms with E-state index in [1.54, 1.807) is 42.6 Å². The van der Waals surface area contributed by atoms with Gasteiger partial charge in [-0.15, -0.1) is 0 Å². The molecule has 0 bridgehead atoms. The number of likely N-dealkylation sites (tertiary alicyclic amines) is 1. The highest BCUT2D eigenvalue weighted by atomic mass is 16.5. The quantitative estimate of drug-likeness (QED) is 0.401. The Balaban J connectivity index is 1.88. The summed E-state index contributed by atoms with van der Waals surface area (Å²) in [6, 6.07) is 20.7. The molecule has 0 spiro atoms. The molecule has 4 rings (SSSR count). The number of aromatic nitrogens is 1. The first-order valence-electron chi connectivity index (χ1n) is 9.48. The summed E-state index contributed by atoms with van der Waals surface area (Å²) in [5, 5.41) is 11.1. The Morgan fingerprint density at radius 2 is 1.70 bits per heavy atom. The molecular formula is C24H20N2O4. The molecular weight excluding hydrogens is 380 g/mol. The van der Waals surface area contributed by atoms with Crippen molar-refractivity contribution in [3.8, 4) is 5.75 Å². The molecule has 1 aliphatic rings. The maximum Gasteiger partial charge on any atom is 0.296 e. The van der Waals surface area contributed by atoms with E-state index in [9.17, 15) is 14.7 Å². The van der Waals surface area contributed by atoms with E-state index in [2.05, 4.69) is 4.98 Å². The van der Waals surface area contributed by atoms with Crippen LogP contribution in [-0.2, 0) is 16.1 Å². The Labute approximate surface area is 174 Å². The van der Waals surface area contributed by atoms with Crippen LogP contribution >= 0.6 is 0 Å². The monoisotopic (exact) mass is 400 g/mol. The zero-order valence-corrected chi connectivity index (χ0v) is 16.4. The summed E-state index contributed by atoms with van der Waals surface area (Å²) < 4.78 is 5.34. The smallest absolute Gasteiger partial charge is 0.296 e. The highest BCUT2D eigenvalue weighted by Gasteiger charge is 2.46. The number of carbonyl (C=O) groups excluding carboxylic acids is 2. The average molecular weight is 400 g/mol. The standard InChI is InChI=1S/C24H20N2O4/c1-30-19-13-6-5-12-18(19)22(27)20-21(16-9-3-2-4-10-16)26(24(29)23(20)28)15-17-11-7-8-14-25-17/h2-14,21,27H,15H2,1H3/b22-20-. The van der Waals surface area contributed by atoms with Crippen molar-refractivity contribution < 1.29 is 19.4 Å². The molecule has 1 fully saturated rings. The Morgan fingerprint density at radius 3 is 2.40 bits per heavy atom. The van der Waals surface area contributed by atoms with Gasteiger partial charge in [0, 0.05) is 6.20 Å². The molecule has 150 valence electrons. The van der Waals surface area contributed by atoms with Crippen LogP contribution in [0.5, 0.6) is 5.75 Å².